The molecular weight excluding hydrogens is 378 g/mol. The van der Waals surface area contributed by atoms with E-state index in [1.807, 2.05) is 37.3 Å². The van der Waals surface area contributed by atoms with E-state index in [1.165, 1.54) is 16.3 Å². The van der Waals surface area contributed by atoms with Crippen molar-refractivity contribution >= 4 is 28.6 Å². The Bertz CT molecular complexity index is 1110. The van der Waals surface area contributed by atoms with Crippen LogP contribution in [0.5, 0.6) is 11.5 Å². The average molecular weight is 397 g/mol. The first-order valence-corrected chi connectivity index (χ1v) is 9.79. The van der Waals surface area contributed by atoms with E-state index in [9.17, 15) is 9.59 Å². The van der Waals surface area contributed by atoms with Gasteiger partial charge in [0.2, 0.25) is 12.7 Å². The van der Waals surface area contributed by atoms with Crippen LogP contribution in [0.25, 0.3) is 10.9 Å². The van der Waals surface area contributed by atoms with Gasteiger partial charge in [-0.1, -0.05) is 30.0 Å². The molecule has 1 unspecified atom stereocenters. The summed E-state index contributed by atoms with van der Waals surface area (Å²) in [5.74, 6) is 1.41. The number of rotatable bonds is 5. The van der Waals surface area contributed by atoms with Crippen molar-refractivity contribution in [2.45, 2.75) is 18.1 Å². The van der Waals surface area contributed by atoms with Gasteiger partial charge in [0, 0.05) is 7.05 Å². The molecule has 0 fully saturated rings. The maximum Gasteiger partial charge on any atom is 0.261 e. The normalized spacial score (nSPS) is 13.5. The summed E-state index contributed by atoms with van der Waals surface area (Å²) in [6.45, 7) is 2.12. The smallest absolute Gasteiger partial charge is 0.261 e. The van der Waals surface area contributed by atoms with Gasteiger partial charge in [-0.15, -0.1) is 0 Å². The van der Waals surface area contributed by atoms with E-state index < -0.39 is 0 Å². The molecule has 4 rings (SSSR count). The number of fused-ring (bicyclic) bond motifs is 2. The molecule has 1 aromatic heterocycles. The Morgan fingerprint density at radius 1 is 1.25 bits per heavy atom. The van der Waals surface area contributed by atoms with E-state index in [2.05, 4.69) is 10.3 Å². The fourth-order valence-electron chi connectivity index (χ4n) is 3.01. The fraction of sp³-hybridized carbons (Fsp3) is 0.250. The summed E-state index contributed by atoms with van der Waals surface area (Å²) in [5, 5.41) is 4.03. The second-order valence-corrected chi connectivity index (χ2v) is 7.41. The standard InChI is InChI=1S/C20H19N3O4S/c1-12(13-7-8-16-17(9-13)27-11-26-16)21-18(24)10-28-20-22-15-6-4-3-5-14(15)19(25)23(20)2/h3-9,12H,10-11H2,1-2H3,(H,21,24). The fourth-order valence-corrected chi connectivity index (χ4v) is 3.79. The van der Waals surface area contributed by atoms with E-state index in [-0.39, 0.29) is 30.1 Å². The number of ether oxygens (including phenoxy) is 2. The predicted octanol–water partition coefficient (Wildman–Crippen LogP) is 2.63. The van der Waals surface area contributed by atoms with Gasteiger partial charge in [-0.3, -0.25) is 14.2 Å². The third-order valence-electron chi connectivity index (χ3n) is 4.55. The third-order valence-corrected chi connectivity index (χ3v) is 5.58. The SMILES string of the molecule is CC(NC(=O)CSc1nc2ccccc2c(=O)n1C)c1ccc2c(c1)OCO2. The molecule has 3 aromatic rings. The molecule has 1 aliphatic heterocycles. The largest absolute Gasteiger partial charge is 0.454 e. The molecule has 0 spiro atoms. The van der Waals surface area contributed by atoms with E-state index in [0.717, 1.165) is 5.56 Å². The van der Waals surface area contributed by atoms with Gasteiger partial charge < -0.3 is 14.8 Å². The summed E-state index contributed by atoms with van der Waals surface area (Å²) >= 11 is 1.24. The molecule has 144 valence electrons. The Kier molecular flexibility index (Phi) is 4.95. The van der Waals surface area contributed by atoms with Crippen molar-refractivity contribution in [3.05, 3.63) is 58.4 Å². The van der Waals surface area contributed by atoms with Crippen LogP contribution in [0.1, 0.15) is 18.5 Å². The summed E-state index contributed by atoms with van der Waals surface area (Å²) in [6.07, 6.45) is 0. The van der Waals surface area contributed by atoms with Crippen LogP contribution in [0.15, 0.2) is 52.4 Å². The van der Waals surface area contributed by atoms with Gasteiger partial charge in [0.05, 0.1) is 22.7 Å². The zero-order valence-corrected chi connectivity index (χ0v) is 16.3. The highest BCUT2D eigenvalue weighted by Gasteiger charge is 2.17. The monoisotopic (exact) mass is 397 g/mol. The van der Waals surface area contributed by atoms with Crippen molar-refractivity contribution < 1.29 is 14.3 Å². The first-order chi connectivity index (χ1) is 13.5. The molecule has 0 bridgehead atoms. The number of nitrogens with one attached hydrogen (secondary N) is 1. The van der Waals surface area contributed by atoms with E-state index in [1.54, 1.807) is 19.2 Å². The summed E-state index contributed by atoms with van der Waals surface area (Å²) in [4.78, 5) is 29.3. The van der Waals surface area contributed by atoms with Crippen molar-refractivity contribution in [1.82, 2.24) is 14.9 Å². The molecule has 28 heavy (non-hydrogen) atoms. The van der Waals surface area contributed by atoms with Crippen LogP contribution in [0.2, 0.25) is 0 Å². The maximum absolute atomic E-state index is 12.4. The van der Waals surface area contributed by atoms with E-state index >= 15 is 0 Å². The van der Waals surface area contributed by atoms with Gasteiger partial charge in [-0.25, -0.2) is 4.98 Å². The summed E-state index contributed by atoms with van der Waals surface area (Å²) in [7, 11) is 1.66. The Morgan fingerprint density at radius 2 is 2.04 bits per heavy atom. The predicted molar refractivity (Wildman–Crippen MR) is 107 cm³/mol. The van der Waals surface area contributed by atoms with Gasteiger partial charge in [0.15, 0.2) is 16.7 Å². The number of thioether (sulfide) groups is 1. The zero-order valence-electron chi connectivity index (χ0n) is 15.5. The van der Waals surface area contributed by atoms with Crippen molar-refractivity contribution in [2.75, 3.05) is 12.5 Å². The Hall–Kier alpha value is -3.00. The van der Waals surface area contributed by atoms with Crippen molar-refractivity contribution in [2.24, 2.45) is 7.05 Å². The van der Waals surface area contributed by atoms with Crippen LogP contribution < -0.4 is 20.3 Å². The molecule has 2 heterocycles. The second kappa shape index (κ2) is 7.55. The highest BCUT2D eigenvalue weighted by atomic mass is 32.2. The summed E-state index contributed by atoms with van der Waals surface area (Å²) in [5.41, 5.74) is 1.43. The Morgan fingerprint density at radius 3 is 2.89 bits per heavy atom. The molecule has 0 radical (unpaired) electrons. The average Bonchev–Trinajstić information content (AvgIpc) is 3.17. The highest BCUT2D eigenvalue weighted by molar-refractivity contribution is 7.99. The molecule has 0 saturated heterocycles. The van der Waals surface area contributed by atoms with Gasteiger partial charge in [0.1, 0.15) is 0 Å². The zero-order chi connectivity index (χ0) is 19.7. The number of carbonyl (C=O) groups excluding carboxylic acids is 1. The minimum absolute atomic E-state index is 0.123. The minimum Gasteiger partial charge on any atom is -0.454 e. The lowest BCUT2D eigenvalue weighted by atomic mass is 10.1. The van der Waals surface area contributed by atoms with Crippen molar-refractivity contribution in [1.29, 1.82) is 0 Å². The number of aromatic nitrogens is 2. The molecule has 0 aliphatic carbocycles. The number of para-hydroxylation sites is 1. The van der Waals surface area contributed by atoms with Crippen molar-refractivity contribution in [3.8, 4) is 11.5 Å². The first kappa shape index (κ1) is 18.4. The summed E-state index contributed by atoms with van der Waals surface area (Å²) < 4.78 is 12.2. The number of carbonyl (C=O) groups is 1. The molecule has 8 heteroatoms. The highest BCUT2D eigenvalue weighted by Crippen LogP contribution is 2.34. The lowest BCUT2D eigenvalue weighted by Gasteiger charge is -2.15. The Balaban J connectivity index is 1.42. The van der Waals surface area contributed by atoms with Crippen LogP contribution in [0.4, 0.5) is 0 Å². The molecule has 7 nitrogen and oxygen atoms in total. The second-order valence-electron chi connectivity index (χ2n) is 6.47. The molecule has 1 atom stereocenters. The minimum atomic E-state index is -0.184. The maximum atomic E-state index is 12.4. The number of benzene rings is 2. The first-order valence-electron chi connectivity index (χ1n) is 8.80. The lowest BCUT2D eigenvalue weighted by Crippen LogP contribution is -2.28. The summed E-state index contributed by atoms with van der Waals surface area (Å²) in [6, 6.07) is 12.6. The molecule has 1 amide bonds. The molecule has 1 N–H and O–H groups in total. The topological polar surface area (TPSA) is 82.5 Å². The van der Waals surface area contributed by atoms with Crippen LogP contribution in [0.3, 0.4) is 0 Å². The molecule has 0 saturated carbocycles. The van der Waals surface area contributed by atoms with Gasteiger partial charge in [-0.05, 0) is 36.8 Å². The van der Waals surface area contributed by atoms with Crippen LogP contribution >= 0.6 is 11.8 Å². The van der Waals surface area contributed by atoms with E-state index in [4.69, 9.17) is 9.47 Å². The van der Waals surface area contributed by atoms with Crippen LogP contribution in [-0.4, -0.2) is 28.0 Å². The number of nitrogens with zero attached hydrogens (tertiary/aromatic N) is 2. The number of hydrogen-bond acceptors (Lipinski definition) is 6. The molecular formula is C20H19N3O4S. The Labute approximate surface area is 165 Å². The molecule has 2 aromatic carbocycles. The third kappa shape index (κ3) is 3.55. The van der Waals surface area contributed by atoms with Gasteiger partial charge in [0.25, 0.3) is 5.56 Å². The lowest BCUT2D eigenvalue weighted by molar-refractivity contribution is -0.119. The quantitative estimate of drug-likeness (QED) is 0.526. The van der Waals surface area contributed by atoms with E-state index in [0.29, 0.717) is 27.6 Å². The number of amides is 1. The van der Waals surface area contributed by atoms with Gasteiger partial charge >= 0.3 is 0 Å². The van der Waals surface area contributed by atoms with Crippen molar-refractivity contribution in [3.63, 3.8) is 0 Å². The number of hydrogen-bond donors (Lipinski definition) is 1. The molecule has 1 aliphatic rings. The van der Waals surface area contributed by atoms with Crippen LogP contribution in [-0.2, 0) is 11.8 Å². The van der Waals surface area contributed by atoms with Gasteiger partial charge in [-0.2, -0.15) is 0 Å². The van der Waals surface area contributed by atoms with Crippen LogP contribution in [0, 0.1) is 0 Å².